The maximum atomic E-state index is 12.7. The average molecular weight is 430 g/mol. The molecule has 0 saturated heterocycles. The van der Waals surface area contributed by atoms with Crippen molar-refractivity contribution in [3.63, 3.8) is 0 Å². The van der Waals surface area contributed by atoms with E-state index in [1.807, 2.05) is 43.3 Å². The summed E-state index contributed by atoms with van der Waals surface area (Å²) in [5, 5.41) is 7.91. The van der Waals surface area contributed by atoms with Crippen LogP contribution in [0, 0.1) is 5.92 Å². The lowest BCUT2D eigenvalue weighted by atomic mass is 9.91. The Morgan fingerprint density at radius 1 is 0.906 bits per heavy atom. The Balaban J connectivity index is 1.15. The van der Waals surface area contributed by atoms with Gasteiger partial charge in [-0.15, -0.1) is 0 Å². The molecule has 5 rings (SSSR count). The monoisotopic (exact) mass is 429 g/mol. The standard InChI is InChI=1S/C26H31N5O/c1-31(2)24-20-10-6-7-11-23(20)29-26(30-24)28-19-14-12-18(13-15-19)27-25(32)22-16-21(22)17-8-4-3-5-9-17/h3-11,18-19,21-22H,12-16H2,1-2H3,(H,27,32)(H,28,29,30)/t18?,19?,21-,22+/m0/s1. The summed E-state index contributed by atoms with van der Waals surface area (Å²) in [4.78, 5) is 24.2. The highest BCUT2D eigenvalue weighted by Gasteiger charge is 2.44. The molecule has 3 aromatic rings. The van der Waals surface area contributed by atoms with Crippen molar-refractivity contribution < 1.29 is 4.79 Å². The van der Waals surface area contributed by atoms with E-state index in [0.29, 0.717) is 17.9 Å². The molecule has 1 heterocycles. The number of aromatic nitrogens is 2. The summed E-state index contributed by atoms with van der Waals surface area (Å²) in [5.41, 5.74) is 2.24. The molecule has 2 aliphatic rings. The number of fused-ring (bicyclic) bond motifs is 1. The first-order valence-electron chi connectivity index (χ1n) is 11.6. The zero-order valence-corrected chi connectivity index (χ0v) is 18.8. The fourth-order valence-corrected chi connectivity index (χ4v) is 4.89. The number of nitrogens with one attached hydrogen (secondary N) is 2. The van der Waals surface area contributed by atoms with E-state index in [-0.39, 0.29) is 17.9 Å². The van der Waals surface area contributed by atoms with Crippen molar-refractivity contribution in [3.05, 3.63) is 60.2 Å². The second kappa shape index (κ2) is 8.77. The molecule has 166 valence electrons. The Hall–Kier alpha value is -3.15. The van der Waals surface area contributed by atoms with E-state index >= 15 is 0 Å². The number of benzene rings is 2. The summed E-state index contributed by atoms with van der Waals surface area (Å²) in [6.07, 6.45) is 4.96. The molecule has 2 atom stereocenters. The van der Waals surface area contributed by atoms with E-state index in [1.165, 1.54) is 5.56 Å². The molecule has 2 N–H and O–H groups in total. The minimum Gasteiger partial charge on any atom is -0.362 e. The third kappa shape index (κ3) is 4.40. The third-order valence-corrected chi connectivity index (χ3v) is 6.77. The van der Waals surface area contributed by atoms with Crippen molar-refractivity contribution in [1.29, 1.82) is 0 Å². The molecule has 32 heavy (non-hydrogen) atoms. The van der Waals surface area contributed by atoms with Crippen LogP contribution in [0.4, 0.5) is 11.8 Å². The van der Waals surface area contributed by atoms with Crippen molar-refractivity contribution in [2.45, 2.75) is 50.1 Å². The average Bonchev–Trinajstić information content (AvgIpc) is 3.62. The van der Waals surface area contributed by atoms with Gasteiger partial charge in [-0.25, -0.2) is 4.98 Å². The zero-order valence-electron chi connectivity index (χ0n) is 18.8. The number of nitrogens with zero attached hydrogens (tertiary/aromatic N) is 3. The van der Waals surface area contributed by atoms with Crippen LogP contribution in [0.15, 0.2) is 54.6 Å². The van der Waals surface area contributed by atoms with Crippen molar-refractivity contribution in [1.82, 2.24) is 15.3 Å². The maximum absolute atomic E-state index is 12.7. The fraction of sp³-hybridized carbons (Fsp3) is 0.423. The Labute approximate surface area is 189 Å². The number of carbonyl (C=O) groups excluding carboxylic acids is 1. The van der Waals surface area contributed by atoms with E-state index in [9.17, 15) is 4.79 Å². The first kappa shape index (κ1) is 20.7. The summed E-state index contributed by atoms with van der Waals surface area (Å²) < 4.78 is 0. The van der Waals surface area contributed by atoms with Crippen LogP contribution in [-0.4, -0.2) is 42.1 Å². The molecule has 0 bridgehead atoms. The van der Waals surface area contributed by atoms with Gasteiger partial charge in [-0.05, 0) is 55.7 Å². The lowest BCUT2D eigenvalue weighted by Crippen LogP contribution is -2.41. The van der Waals surface area contributed by atoms with Crippen molar-refractivity contribution in [3.8, 4) is 0 Å². The Bertz CT molecular complexity index is 1090. The third-order valence-electron chi connectivity index (χ3n) is 6.77. The van der Waals surface area contributed by atoms with E-state index in [0.717, 1.165) is 48.8 Å². The van der Waals surface area contributed by atoms with Crippen LogP contribution in [0.25, 0.3) is 10.9 Å². The molecule has 2 aliphatic carbocycles. The normalized spacial score (nSPS) is 24.7. The molecule has 0 aliphatic heterocycles. The van der Waals surface area contributed by atoms with Crippen molar-refractivity contribution >= 4 is 28.6 Å². The van der Waals surface area contributed by atoms with Crippen LogP contribution in [-0.2, 0) is 4.79 Å². The molecular formula is C26H31N5O. The molecule has 0 radical (unpaired) electrons. The van der Waals surface area contributed by atoms with Gasteiger partial charge in [-0.2, -0.15) is 4.98 Å². The number of hydrogen-bond acceptors (Lipinski definition) is 5. The summed E-state index contributed by atoms with van der Waals surface area (Å²) in [6.45, 7) is 0. The topological polar surface area (TPSA) is 70.2 Å². The van der Waals surface area contributed by atoms with Crippen LogP contribution in [0.3, 0.4) is 0 Å². The molecule has 6 nitrogen and oxygen atoms in total. The van der Waals surface area contributed by atoms with Crippen LogP contribution in [0.5, 0.6) is 0 Å². The summed E-state index contributed by atoms with van der Waals surface area (Å²) >= 11 is 0. The smallest absolute Gasteiger partial charge is 0.225 e. The summed E-state index contributed by atoms with van der Waals surface area (Å²) in [5.74, 6) is 2.37. The molecule has 2 fully saturated rings. The molecule has 2 aromatic carbocycles. The first-order chi connectivity index (χ1) is 15.6. The molecule has 1 aromatic heterocycles. The molecule has 0 spiro atoms. The second-order valence-electron chi connectivity index (χ2n) is 9.34. The van der Waals surface area contributed by atoms with E-state index < -0.39 is 0 Å². The lowest BCUT2D eigenvalue weighted by Gasteiger charge is -2.30. The van der Waals surface area contributed by atoms with Gasteiger partial charge >= 0.3 is 0 Å². The largest absolute Gasteiger partial charge is 0.362 e. The highest BCUT2D eigenvalue weighted by molar-refractivity contribution is 5.90. The Morgan fingerprint density at radius 3 is 2.34 bits per heavy atom. The molecule has 6 heteroatoms. The zero-order chi connectivity index (χ0) is 22.1. The first-order valence-corrected chi connectivity index (χ1v) is 11.6. The minimum absolute atomic E-state index is 0.142. The molecular weight excluding hydrogens is 398 g/mol. The van der Waals surface area contributed by atoms with Gasteiger partial charge in [0.25, 0.3) is 0 Å². The van der Waals surface area contributed by atoms with Gasteiger partial charge in [0, 0.05) is 37.5 Å². The van der Waals surface area contributed by atoms with Gasteiger partial charge in [0.1, 0.15) is 5.82 Å². The Kier molecular flexibility index (Phi) is 5.68. The SMILES string of the molecule is CN(C)c1nc(NC2CCC(NC(=O)[C@@H]3C[C@H]3c3ccccc3)CC2)nc2ccccc12. The minimum atomic E-state index is 0.142. The van der Waals surface area contributed by atoms with Gasteiger partial charge < -0.3 is 15.5 Å². The van der Waals surface area contributed by atoms with Gasteiger partial charge in [-0.3, -0.25) is 4.79 Å². The highest BCUT2D eigenvalue weighted by atomic mass is 16.2. The lowest BCUT2D eigenvalue weighted by molar-refractivity contribution is -0.123. The van der Waals surface area contributed by atoms with Gasteiger partial charge in [-0.1, -0.05) is 42.5 Å². The highest BCUT2D eigenvalue weighted by Crippen LogP contribution is 2.47. The fourth-order valence-electron chi connectivity index (χ4n) is 4.89. The van der Waals surface area contributed by atoms with Crippen LogP contribution in [0.2, 0.25) is 0 Å². The number of hydrogen-bond donors (Lipinski definition) is 2. The van der Waals surface area contributed by atoms with Crippen molar-refractivity contribution in [2.75, 3.05) is 24.3 Å². The Morgan fingerprint density at radius 2 is 1.59 bits per heavy atom. The van der Waals surface area contributed by atoms with E-state index in [4.69, 9.17) is 9.97 Å². The number of para-hydroxylation sites is 1. The van der Waals surface area contributed by atoms with Crippen LogP contribution >= 0.6 is 0 Å². The van der Waals surface area contributed by atoms with Gasteiger partial charge in [0.05, 0.1) is 5.52 Å². The quantitative estimate of drug-likeness (QED) is 0.610. The molecule has 1 amide bonds. The van der Waals surface area contributed by atoms with E-state index in [1.54, 1.807) is 0 Å². The van der Waals surface area contributed by atoms with Crippen LogP contribution < -0.4 is 15.5 Å². The number of amides is 1. The van der Waals surface area contributed by atoms with Gasteiger partial charge in [0.2, 0.25) is 11.9 Å². The van der Waals surface area contributed by atoms with Crippen molar-refractivity contribution in [2.24, 2.45) is 5.92 Å². The molecule has 2 saturated carbocycles. The predicted molar refractivity (Wildman–Crippen MR) is 129 cm³/mol. The predicted octanol–water partition coefficient (Wildman–Crippen LogP) is 4.34. The second-order valence-corrected chi connectivity index (χ2v) is 9.34. The number of carbonyl (C=O) groups is 1. The maximum Gasteiger partial charge on any atom is 0.225 e. The van der Waals surface area contributed by atoms with Crippen LogP contribution in [0.1, 0.15) is 43.6 Å². The molecule has 0 unspecified atom stereocenters. The summed E-state index contributed by atoms with van der Waals surface area (Å²) in [6, 6.07) is 19.1. The van der Waals surface area contributed by atoms with E-state index in [2.05, 4.69) is 41.0 Å². The van der Waals surface area contributed by atoms with Gasteiger partial charge in [0.15, 0.2) is 0 Å². The summed E-state index contributed by atoms with van der Waals surface area (Å²) in [7, 11) is 4.02. The number of rotatable bonds is 6. The number of anilines is 2.